The normalized spacial score (nSPS) is 42.9. The highest BCUT2D eigenvalue weighted by Gasteiger charge is 2.45. The summed E-state index contributed by atoms with van der Waals surface area (Å²) in [7, 11) is 0. The fraction of sp³-hybridized carbons (Fsp3) is 1.00. The van der Waals surface area contributed by atoms with E-state index in [4.69, 9.17) is 10.5 Å². The second-order valence-corrected chi connectivity index (χ2v) is 6.25. The van der Waals surface area contributed by atoms with Crippen molar-refractivity contribution in [2.75, 3.05) is 6.61 Å². The SMILES string of the molecule is NC1CCCCC1C1CCOC2(CCC2)C1. The van der Waals surface area contributed by atoms with Crippen LogP contribution in [0.1, 0.15) is 57.8 Å². The van der Waals surface area contributed by atoms with Gasteiger partial charge in [-0.25, -0.2) is 0 Å². The molecule has 1 heterocycles. The molecule has 3 unspecified atom stereocenters. The molecule has 2 heteroatoms. The highest BCUT2D eigenvalue weighted by Crippen LogP contribution is 2.47. The standard InChI is InChI=1S/C14H25NO/c15-13-5-2-1-4-12(13)11-6-9-16-14(10-11)7-3-8-14/h11-13H,1-10,15H2. The Hall–Kier alpha value is -0.0800. The Balaban J connectivity index is 1.64. The van der Waals surface area contributed by atoms with E-state index in [1.54, 1.807) is 0 Å². The summed E-state index contributed by atoms with van der Waals surface area (Å²) in [6.07, 6.45) is 12.0. The van der Waals surface area contributed by atoms with Gasteiger partial charge in [0.05, 0.1) is 5.60 Å². The van der Waals surface area contributed by atoms with Crippen LogP contribution in [0.15, 0.2) is 0 Å². The first-order chi connectivity index (χ1) is 7.79. The molecule has 3 fully saturated rings. The van der Waals surface area contributed by atoms with Gasteiger partial charge in [-0.15, -0.1) is 0 Å². The number of hydrogen-bond acceptors (Lipinski definition) is 2. The lowest BCUT2D eigenvalue weighted by molar-refractivity contribution is -0.152. The average molecular weight is 223 g/mol. The van der Waals surface area contributed by atoms with E-state index in [0.29, 0.717) is 11.6 Å². The molecule has 1 aliphatic heterocycles. The van der Waals surface area contributed by atoms with Crippen LogP contribution in [0, 0.1) is 11.8 Å². The van der Waals surface area contributed by atoms with E-state index in [-0.39, 0.29) is 0 Å². The minimum atomic E-state index is 0.306. The fourth-order valence-corrected chi connectivity index (χ4v) is 4.12. The highest BCUT2D eigenvalue weighted by molar-refractivity contribution is 4.97. The van der Waals surface area contributed by atoms with Gasteiger partial charge in [0.15, 0.2) is 0 Å². The van der Waals surface area contributed by atoms with Crippen molar-refractivity contribution in [1.29, 1.82) is 0 Å². The monoisotopic (exact) mass is 223 g/mol. The van der Waals surface area contributed by atoms with Gasteiger partial charge in [0.2, 0.25) is 0 Å². The van der Waals surface area contributed by atoms with Crippen molar-refractivity contribution in [2.45, 2.75) is 69.4 Å². The molecular formula is C14H25NO. The fourth-order valence-electron chi connectivity index (χ4n) is 4.12. The Morgan fingerprint density at radius 2 is 1.81 bits per heavy atom. The predicted octanol–water partition coefficient (Wildman–Crippen LogP) is 2.85. The molecule has 1 spiro atoms. The van der Waals surface area contributed by atoms with Gasteiger partial charge in [-0.2, -0.15) is 0 Å². The lowest BCUT2D eigenvalue weighted by Crippen LogP contribution is -2.49. The van der Waals surface area contributed by atoms with E-state index < -0.39 is 0 Å². The summed E-state index contributed by atoms with van der Waals surface area (Å²) in [6.45, 7) is 0.994. The van der Waals surface area contributed by atoms with Crippen molar-refractivity contribution in [3.63, 3.8) is 0 Å². The minimum absolute atomic E-state index is 0.306. The third kappa shape index (κ3) is 1.91. The molecule has 92 valence electrons. The van der Waals surface area contributed by atoms with E-state index in [9.17, 15) is 0 Å². The molecule has 0 radical (unpaired) electrons. The van der Waals surface area contributed by atoms with Crippen molar-refractivity contribution in [3.05, 3.63) is 0 Å². The molecule has 0 amide bonds. The maximum Gasteiger partial charge on any atom is 0.0685 e. The van der Waals surface area contributed by atoms with Crippen LogP contribution in [-0.2, 0) is 4.74 Å². The second kappa shape index (κ2) is 4.30. The Morgan fingerprint density at radius 3 is 2.50 bits per heavy atom. The summed E-state index contributed by atoms with van der Waals surface area (Å²) >= 11 is 0. The summed E-state index contributed by atoms with van der Waals surface area (Å²) in [5.41, 5.74) is 6.62. The zero-order valence-electron chi connectivity index (χ0n) is 10.3. The van der Waals surface area contributed by atoms with Crippen LogP contribution >= 0.6 is 0 Å². The zero-order valence-corrected chi connectivity index (χ0v) is 10.3. The number of ether oxygens (including phenoxy) is 1. The molecule has 0 aromatic carbocycles. The summed E-state index contributed by atoms with van der Waals surface area (Å²) in [4.78, 5) is 0. The summed E-state index contributed by atoms with van der Waals surface area (Å²) < 4.78 is 6.02. The first-order valence-electron chi connectivity index (χ1n) is 7.19. The molecule has 0 bridgehead atoms. The summed E-state index contributed by atoms with van der Waals surface area (Å²) in [6, 6.07) is 0.481. The smallest absolute Gasteiger partial charge is 0.0685 e. The third-order valence-corrected chi connectivity index (χ3v) is 5.28. The molecule has 2 N–H and O–H groups in total. The van der Waals surface area contributed by atoms with Crippen LogP contribution in [0.3, 0.4) is 0 Å². The van der Waals surface area contributed by atoms with Crippen LogP contribution in [0.2, 0.25) is 0 Å². The second-order valence-electron chi connectivity index (χ2n) is 6.25. The quantitative estimate of drug-likeness (QED) is 0.742. The molecule has 2 saturated carbocycles. The van der Waals surface area contributed by atoms with E-state index in [2.05, 4.69) is 0 Å². The van der Waals surface area contributed by atoms with Gasteiger partial charge in [0.25, 0.3) is 0 Å². The van der Waals surface area contributed by atoms with Gasteiger partial charge >= 0.3 is 0 Å². The van der Waals surface area contributed by atoms with Crippen LogP contribution in [-0.4, -0.2) is 18.2 Å². The molecule has 2 nitrogen and oxygen atoms in total. The highest BCUT2D eigenvalue weighted by atomic mass is 16.5. The first kappa shape index (κ1) is 11.0. The van der Waals surface area contributed by atoms with E-state index in [0.717, 1.165) is 18.4 Å². The Morgan fingerprint density at radius 1 is 1.00 bits per heavy atom. The van der Waals surface area contributed by atoms with Crippen molar-refractivity contribution >= 4 is 0 Å². The molecule has 3 rings (SSSR count). The molecule has 2 aliphatic carbocycles. The summed E-state index contributed by atoms with van der Waals surface area (Å²) in [5, 5.41) is 0. The van der Waals surface area contributed by atoms with E-state index in [1.807, 2.05) is 0 Å². The van der Waals surface area contributed by atoms with E-state index in [1.165, 1.54) is 57.8 Å². The molecule has 16 heavy (non-hydrogen) atoms. The molecule has 3 atom stereocenters. The van der Waals surface area contributed by atoms with Crippen LogP contribution < -0.4 is 5.73 Å². The van der Waals surface area contributed by atoms with Gasteiger partial charge in [-0.1, -0.05) is 12.8 Å². The predicted molar refractivity (Wildman–Crippen MR) is 65.2 cm³/mol. The molecule has 0 aromatic heterocycles. The molecule has 0 aromatic rings. The molecular weight excluding hydrogens is 198 g/mol. The van der Waals surface area contributed by atoms with Crippen LogP contribution in [0.25, 0.3) is 0 Å². The Bertz CT molecular complexity index is 249. The minimum Gasteiger partial charge on any atom is -0.375 e. The van der Waals surface area contributed by atoms with Gasteiger partial charge in [0.1, 0.15) is 0 Å². The lowest BCUT2D eigenvalue weighted by Gasteiger charge is -2.50. The van der Waals surface area contributed by atoms with Crippen molar-refractivity contribution < 1.29 is 4.74 Å². The van der Waals surface area contributed by atoms with Crippen molar-refractivity contribution in [2.24, 2.45) is 17.6 Å². The zero-order chi connectivity index (χ0) is 11.0. The third-order valence-electron chi connectivity index (χ3n) is 5.28. The van der Waals surface area contributed by atoms with Gasteiger partial charge < -0.3 is 10.5 Å². The topological polar surface area (TPSA) is 35.2 Å². The van der Waals surface area contributed by atoms with Gasteiger partial charge in [0, 0.05) is 12.6 Å². The van der Waals surface area contributed by atoms with Crippen LogP contribution in [0.5, 0.6) is 0 Å². The van der Waals surface area contributed by atoms with Gasteiger partial charge in [-0.05, 0) is 56.8 Å². The number of rotatable bonds is 1. The van der Waals surface area contributed by atoms with Crippen LogP contribution in [0.4, 0.5) is 0 Å². The Labute approximate surface area is 98.9 Å². The largest absolute Gasteiger partial charge is 0.375 e. The maximum atomic E-state index is 6.32. The number of nitrogens with two attached hydrogens (primary N) is 1. The maximum absolute atomic E-state index is 6.32. The lowest BCUT2D eigenvalue weighted by atomic mass is 9.65. The first-order valence-corrected chi connectivity index (χ1v) is 7.19. The molecule has 3 aliphatic rings. The molecule has 1 saturated heterocycles. The van der Waals surface area contributed by atoms with Crippen molar-refractivity contribution in [1.82, 2.24) is 0 Å². The van der Waals surface area contributed by atoms with E-state index >= 15 is 0 Å². The average Bonchev–Trinajstić information content (AvgIpc) is 2.28. The number of hydrogen-bond donors (Lipinski definition) is 1. The Kier molecular flexibility index (Phi) is 2.97. The van der Waals surface area contributed by atoms with Gasteiger partial charge in [-0.3, -0.25) is 0 Å². The van der Waals surface area contributed by atoms with Crippen molar-refractivity contribution in [3.8, 4) is 0 Å². The summed E-state index contributed by atoms with van der Waals surface area (Å²) in [5.74, 6) is 1.67.